The normalized spacial score (nSPS) is 10.6. The van der Waals surface area contributed by atoms with Crippen LogP contribution in [0.3, 0.4) is 0 Å². The number of carboxylic acid groups (broad SMARTS) is 1. The summed E-state index contributed by atoms with van der Waals surface area (Å²) in [6, 6.07) is 14.7. The van der Waals surface area contributed by atoms with Crippen LogP contribution in [0.1, 0.15) is 44.3 Å². The van der Waals surface area contributed by atoms with Crippen LogP contribution in [0, 0.1) is 17.1 Å². The molecule has 3 aromatic carbocycles. The summed E-state index contributed by atoms with van der Waals surface area (Å²) in [5.74, 6) is -2.09. The number of nitrogens with zero attached hydrogens (tertiary/aromatic N) is 2. The molecule has 0 fully saturated rings. The Balaban J connectivity index is 1.74. The number of amides is 1. The average Bonchev–Trinajstić information content (AvgIpc) is 2.83. The Morgan fingerprint density at radius 2 is 2.00 bits per heavy atom. The Kier molecular flexibility index (Phi) is 8.38. The highest BCUT2D eigenvalue weighted by Gasteiger charge is 2.14. The van der Waals surface area contributed by atoms with Crippen molar-refractivity contribution >= 4 is 29.7 Å². The second-order valence-electron chi connectivity index (χ2n) is 7.06. The van der Waals surface area contributed by atoms with Crippen LogP contribution in [0.4, 0.5) is 4.39 Å². The molecule has 0 aliphatic rings. The van der Waals surface area contributed by atoms with Gasteiger partial charge in [-0.3, -0.25) is 4.79 Å². The highest BCUT2D eigenvalue weighted by Crippen LogP contribution is 2.37. The largest absolute Gasteiger partial charge is 0.490 e. The van der Waals surface area contributed by atoms with E-state index in [1.165, 1.54) is 36.5 Å². The molecule has 0 saturated carbocycles. The number of nitrogens with one attached hydrogen (secondary N) is 1. The second kappa shape index (κ2) is 11.6. The lowest BCUT2D eigenvalue weighted by atomic mass is 10.1. The van der Waals surface area contributed by atoms with Crippen LogP contribution in [0.5, 0.6) is 11.5 Å². The summed E-state index contributed by atoms with van der Waals surface area (Å²) < 4.78 is 25.4. The van der Waals surface area contributed by atoms with Gasteiger partial charge in [-0.05, 0) is 60.5 Å². The third kappa shape index (κ3) is 6.56. The predicted octanol–water partition coefficient (Wildman–Crippen LogP) is 4.79. The quantitative estimate of drug-likeness (QED) is 0.325. The van der Waals surface area contributed by atoms with Crippen LogP contribution in [0.15, 0.2) is 59.7 Å². The Labute approximate surface area is 205 Å². The summed E-state index contributed by atoms with van der Waals surface area (Å²) in [6.45, 7) is 2.15. The summed E-state index contributed by atoms with van der Waals surface area (Å²) in [6.07, 6.45) is 1.30. The first-order chi connectivity index (χ1) is 16.8. The summed E-state index contributed by atoms with van der Waals surface area (Å²) in [4.78, 5) is 23.3. The number of ether oxygens (including phenoxy) is 2. The van der Waals surface area contributed by atoms with Crippen molar-refractivity contribution in [2.45, 2.75) is 13.5 Å². The van der Waals surface area contributed by atoms with Crippen LogP contribution in [-0.2, 0) is 6.61 Å². The van der Waals surface area contributed by atoms with Crippen molar-refractivity contribution in [1.29, 1.82) is 5.26 Å². The lowest BCUT2D eigenvalue weighted by molar-refractivity contribution is 0.0696. The topological polar surface area (TPSA) is 121 Å². The smallest absolute Gasteiger partial charge is 0.335 e. The molecular weight excluding hydrogens is 477 g/mol. The Morgan fingerprint density at radius 3 is 2.69 bits per heavy atom. The molecule has 8 nitrogen and oxygen atoms in total. The van der Waals surface area contributed by atoms with E-state index < -0.39 is 17.7 Å². The minimum atomic E-state index is -1.04. The molecule has 0 aromatic heterocycles. The maximum absolute atomic E-state index is 14.0. The van der Waals surface area contributed by atoms with Gasteiger partial charge in [-0.1, -0.05) is 23.7 Å². The van der Waals surface area contributed by atoms with Gasteiger partial charge < -0.3 is 14.6 Å². The number of hydrogen-bond donors (Lipinski definition) is 2. The van der Waals surface area contributed by atoms with Crippen molar-refractivity contribution in [3.8, 4) is 17.6 Å². The zero-order valence-corrected chi connectivity index (χ0v) is 19.2. The van der Waals surface area contributed by atoms with Gasteiger partial charge in [0.25, 0.3) is 5.91 Å². The van der Waals surface area contributed by atoms with Gasteiger partial charge in [0, 0.05) is 0 Å². The van der Waals surface area contributed by atoms with E-state index in [-0.39, 0.29) is 34.1 Å². The summed E-state index contributed by atoms with van der Waals surface area (Å²) in [5, 5.41) is 22.0. The molecule has 0 bridgehead atoms. The van der Waals surface area contributed by atoms with E-state index in [4.69, 9.17) is 31.4 Å². The summed E-state index contributed by atoms with van der Waals surface area (Å²) >= 11 is 6.38. The van der Waals surface area contributed by atoms with Crippen molar-refractivity contribution in [2.75, 3.05) is 6.61 Å². The Hall–Kier alpha value is -4.42. The monoisotopic (exact) mass is 495 g/mol. The van der Waals surface area contributed by atoms with Crippen molar-refractivity contribution < 1.29 is 28.6 Å². The first kappa shape index (κ1) is 25.2. The highest BCUT2D eigenvalue weighted by molar-refractivity contribution is 6.32. The maximum atomic E-state index is 14.0. The van der Waals surface area contributed by atoms with E-state index in [1.54, 1.807) is 31.2 Å². The number of halogens is 2. The molecule has 0 aliphatic carbocycles. The third-order valence-electron chi connectivity index (χ3n) is 4.61. The lowest BCUT2D eigenvalue weighted by Crippen LogP contribution is -2.19. The summed E-state index contributed by atoms with van der Waals surface area (Å²) in [5.41, 5.74) is 3.29. The molecule has 0 radical (unpaired) electrons. The number of aromatic carboxylic acids is 1. The number of hydrogen-bond acceptors (Lipinski definition) is 6. The molecule has 2 N–H and O–H groups in total. The van der Waals surface area contributed by atoms with Gasteiger partial charge >= 0.3 is 5.97 Å². The molecule has 1 amide bonds. The lowest BCUT2D eigenvalue weighted by Gasteiger charge is -2.14. The van der Waals surface area contributed by atoms with Gasteiger partial charge in [0.15, 0.2) is 11.5 Å². The molecular formula is C25H19ClFN3O5. The number of carboxylic acids is 1. The maximum Gasteiger partial charge on any atom is 0.335 e. The zero-order chi connectivity index (χ0) is 25.4. The van der Waals surface area contributed by atoms with Gasteiger partial charge in [-0.15, -0.1) is 0 Å². The van der Waals surface area contributed by atoms with Crippen molar-refractivity contribution in [3.63, 3.8) is 0 Å². The van der Waals surface area contributed by atoms with Gasteiger partial charge in [0.05, 0.1) is 40.6 Å². The molecule has 35 heavy (non-hydrogen) atoms. The number of carbonyl (C=O) groups excluding carboxylic acids is 1. The molecule has 0 saturated heterocycles. The van der Waals surface area contributed by atoms with E-state index in [0.717, 1.165) is 6.07 Å². The van der Waals surface area contributed by atoms with E-state index in [0.29, 0.717) is 23.5 Å². The van der Waals surface area contributed by atoms with Crippen LogP contribution >= 0.6 is 11.6 Å². The van der Waals surface area contributed by atoms with Gasteiger partial charge in [0.2, 0.25) is 0 Å². The van der Waals surface area contributed by atoms with Crippen molar-refractivity contribution in [2.24, 2.45) is 5.10 Å². The standard InChI is InChI=1S/C25H19ClFN3O5/c1-2-34-22-11-17(13-29-30-24(31)19-7-6-15(12-28)10-21(19)27)9-20(26)23(22)35-14-16-4-3-5-18(8-16)25(32)33/h3-11,13H,2,14H2,1H3,(H,30,31)(H,32,33)/b29-13+. The minimum absolute atomic E-state index is 0.0561. The first-order valence-corrected chi connectivity index (χ1v) is 10.6. The average molecular weight is 496 g/mol. The molecule has 3 rings (SSSR count). The van der Waals surface area contributed by atoms with E-state index in [9.17, 15) is 14.0 Å². The molecule has 178 valence electrons. The third-order valence-corrected chi connectivity index (χ3v) is 4.89. The van der Waals surface area contributed by atoms with Crippen LogP contribution in [0.25, 0.3) is 0 Å². The Morgan fingerprint density at radius 1 is 1.20 bits per heavy atom. The summed E-state index contributed by atoms with van der Waals surface area (Å²) in [7, 11) is 0. The molecule has 0 unspecified atom stereocenters. The molecule has 0 aliphatic heterocycles. The zero-order valence-electron chi connectivity index (χ0n) is 18.4. The Bertz CT molecular complexity index is 1340. The van der Waals surface area contributed by atoms with Crippen LogP contribution in [0.2, 0.25) is 5.02 Å². The molecule has 10 heteroatoms. The predicted molar refractivity (Wildman–Crippen MR) is 127 cm³/mol. The SMILES string of the molecule is CCOc1cc(/C=N/NC(=O)c2ccc(C#N)cc2F)cc(Cl)c1OCc1cccc(C(=O)O)c1. The molecule has 3 aromatic rings. The number of rotatable bonds is 9. The van der Waals surface area contributed by atoms with Crippen molar-refractivity contribution in [1.82, 2.24) is 5.43 Å². The fourth-order valence-corrected chi connectivity index (χ4v) is 3.28. The molecule has 0 spiro atoms. The van der Waals surface area contributed by atoms with Gasteiger partial charge in [0.1, 0.15) is 12.4 Å². The number of carbonyl (C=O) groups is 2. The van der Waals surface area contributed by atoms with Crippen LogP contribution < -0.4 is 14.9 Å². The van der Waals surface area contributed by atoms with E-state index >= 15 is 0 Å². The van der Waals surface area contributed by atoms with Gasteiger partial charge in [-0.2, -0.15) is 10.4 Å². The number of nitriles is 1. The van der Waals surface area contributed by atoms with Crippen LogP contribution in [-0.4, -0.2) is 29.8 Å². The molecule has 0 atom stereocenters. The second-order valence-corrected chi connectivity index (χ2v) is 7.47. The number of hydrazone groups is 1. The van der Waals surface area contributed by atoms with Crippen molar-refractivity contribution in [3.05, 3.63) is 93.3 Å². The highest BCUT2D eigenvalue weighted by atomic mass is 35.5. The number of benzene rings is 3. The first-order valence-electron chi connectivity index (χ1n) is 10.3. The fraction of sp³-hybridized carbons (Fsp3) is 0.120. The van der Waals surface area contributed by atoms with Gasteiger partial charge in [-0.25, -0.2) is 14.6 Å². The van der Waals surface area contributed by atoms with E-state index in [1.807, 2.05) is 0 Å². The minimum Gasteiger partial charge on any atom is -0.490 e. The molecule has 0 heterocycles. The van der Waals surface area contributed by atoms with E-state index in [2.05, 4.69) is 10.5 Å². The fourth-order valence-electron chi connectivity index (χ4n) is 3.01.